The van der Waals surface area contributed by atoms with Crippen molar-refractivity contribution in [3.05, 3.63) is 59.7 Å². The molecular weight excluding hydrogens is 316 g/mol. The monoisotopic (exact) mass is 338 g/mol. The molecule has 1 fully saturated rings. The van der Waals surface area contributed by atoms with Crippen molar-refractivity contribution in [1.82, 2.24) is 4.90 Å². The zero-order chi connectivity index (χ0) is 17.1. The van der Waals surface area contributed by atoms with E-state index in [4.69, 9.17) is 9.47 Å². The Kier molecular flexibility index (Phi) is 4.68. The maximum Gasteiger partial charge on any atom is 0.265 e. The van der Waals surface area contributed by atoms with Crippen LogP contribution in [0.5, 0.6) is 5.75 Å². The van der Waals surface area contributed by atoms with Gasteiger partial charge in [-0.1, -0.05) is 30.3 Å². The van der Waals surface area contributed by atoms with E-state index in [1.807, 2.05) is 42.5 Å². The topological polar surface area (TPSA) is 50.8 Å². The molecule has 1 amide bonds. The highest BCUT2D eigenvalue weighted by molar-refractivity contribution is 5.95. The van der Waals surface area contributed by atoms with Crippen LogP contribution in [0.4, 0.5) is 5.69 Å². The highest BCUT2D eigenvalue weighted by Crippen LogP contribution is 2.28. The lowest BCUT2D eigenvalue weighted by Gasteiger charge is -2.26. The Hall–Kier alpha value is -2.37. The molecule has 130 valence electrons. The lowest BCUT2D eigenvalue weighted by molar-refractivity contribution is -0.122. The Bertz CT molecular complexity index is 731. The van der Waals surface area contributed by atoms with Crippen molar-refractivity contribution < 1.29 is 14.3 Å². The zero-order valence-electron chi connectivity index (χ0n) is 14.1. The van der Waals surface area contributed by atoms with Gasteiger partial charge in [-0.2, -0.15) is 0 Å². The van der Waals surface area contributed by atoms with E-state index in [1.54, 1.807) is 0 Å². The summed E-state index contributed by atoms with van der Waals surface area (Å²) in [4.78, 5) is 14.9. The summed E-state index contributed by atoms with van der Waals surface area (Å²) in [5, 5.41) is 2.99. The van der Waals surface area contributed by atoms with Crippen molar-refractivity contribution in [2.24, 2.45) is 0 Å². The van der Waals surface area contributed by atoms with Gasteiger partial charge in [-0.3, -0.25) is 9.69 Å². The summed E-state index contributed by atoms with van der Waals surface area (Å²) in [5.41, 5.74) is 3.09. The molecule has 2 heterocycles. The highest BCUT2D eigenvalue weighted by Gasteiger charge is 2.28. The van der Waals surface area contributed by atoms with Crippen LogP contribution >= 0.6 is 0 Å². The number of amides is 1. The fourth-order valence-electron chi connectivity index (χ4n) is 3.32. The van der Waals surface area contributed by atoms with Gasteiger partial charge in [0, 0.05) is 31.7 Å². The number of para-hydroxylation sites is 1. The second-order valence-corrected chi connectivity index (χ2v) is 6.50. The molecule has 0 radical (unpaired) electrons. The van der Waals surface area contributed by atoms with Crippen LogP contribution < -0.4 is 10.1 Å². The first-order chi connectivity index (χ1) is 12.3. The van der Waals surface area contributed by atoms with Crippen LogP contribution in [0.3, 0.4) is 0 Å². The second-order valence-electron chi connectivity index (χ2n) is 6.50. The third-order valence-corrected chi connectivity index (χ3v) is 4.64. The molecule has 5 nitrogen and oxygen atoms in total. The first kappa shape index (κ1) is 16.1. The van der Waals surface area contributed by atoms with Crippen LogP contribution in [0.2, 0.25) is 0 Å². The molecule has 1 atom stereocenters. The molecule has 2 aromatic carbocycles. The lowest BCUT2D eigenvalue weighted by Crippen LogP contribution is -2.35. The van der Waals surface area contributed by atoms with Crippen molar-refractivity contribution in [3.8, 4) is 5.75 Å². The Morgan fingerprint density at radius 2 is 1.96 bits per heavy atom. The summed E-state index contributed by atoms with van der Waals surface area (Å²) in [6.07, 6.45) is 0.162. The predicted octanol–water partition coefficient (Wildman–Crippen LogP) is 2.46. The molecule has 0 saturated carbocycles. The summed E-state index contributed by atoms with van der Waals surface area (Å²) in [5.74, 6) is 0.712. The summed E-state index contributed by atoms with van der Waals surface area (Å²) in [6.45, 7) is 4.35. The van der Waals surface area contributed by atoms with Crippen LogP contribution in [-0.4, -0.2) is 43.2 Å². The molecule has 0 aliphatic carbocycles. The van der Waals surface area contributed by atoms with E-state index in [1.165, 1.54) is 5.56 Å². The molecule has 2 aliphatic heterocycles. The van der Waals surface area contributed by atoms with Crippen LogP contribution in [-0.2, 0) is 22.5 Å². The van der Waals surface area contributed by atoms with E-state index >= 15 is 0 Å². The number of nitrogens with one attached hydrogen (secondary N) is 1. The molecule has 0 bridgehead atoms. The Morgan fingerprint density at radius 3 is 2.80 bits per heavy atom. The van der Waals surface area contributed by atoms with Gasteiger partial charge in [0.25, 0.3) is 5.91 Å². The normalized spacial score (nSPS) is 19.9. The number of fused-ring (bicyclic) bond motifs is 1. The van der Waals surface area contributed by atoms with Gasteiger partial charge in [0.05, 0.1) is 13.2 Å². The minimum atomic E-state index is -0.458. The average molecular weight is 338 g/mol. The maximum atomic E-state index is 12.5. The Morgan fingerprint density at radius 1 is 1.12 bits per heavy atom. The fourth-order valence-corrected chi connectivity index (χ4v) is 3.32. The predicted molar refractivity (Wildman–Crippen MR) is 95.7 cm³/mol. The van der Waals surface area contributed by atoms with E-state index in [0.717, 1.165) is 49.8 Å². The van der Waals surface area contributed by atoms with E-state index in [2.05, 4.69) is 16.3 Å². The third-order valence-electron chi connectivity index (χ3n) is 4.64. The molecule has 0 unspecified atom stereocenters. The number of hydrogen-bond acceptors (Lipinski definition) is 4. The minimum absolute atomic E-state index is 0.0975. The van der Waals surface area contributed by atoms with E-state index in [9.17, 15) is 4.79 Å². The van der Waals surface area contributed by atoms with Gasteiger partial charge in [-0.05, 0) is 29.3 Å². The second kappa shape index (κ2) is 7.25. The number of benzene rings is 2. The van der Waals surface area contributed by atoms with Crippen molar-refractivity contribution >= 4 is 11.6 Å². The highest BCUT2D eigenvalue weighted by atomic mass is 16.5. The summed E-state index contributed by atoms with van der Waals surface area (Å²) in [6, 6.07) is 15.8. The van der Waals surface area contributed by atoms with Gasteiger partial charge in [0.1, 0.15) is 5.75 Å². The molecule has 2 aliphatic rings. The molecule has 1 saturated heterocycles. The molecule has 2 aromatic rings. The number of ether oxygens (including phenoxy) is 2. The van der Waals surface area contributed by atoms with Crippen LogP contribution in [0.15, 0.2) is 48.5 Å². The summed E-state index contributed by atoms with van der Waals surface area (Å²) in [7, 11) is 0. The van der Waals surface area contributed by atoms with Gasteiger partial charge < -0.3 is 14.8 Å². The average Bonchev–Trinajstić information content (AvgIpc) is 3.07. The summed E-state index contributed by atoms with van der Waals surface area (Å²) < 4.78 is 11.1. The molecule has 0 aromatic heterocycles. The molecule has 0 spiro atoms. The van der Waals surface area contributed by atoms with Gasteiger partial charge in [0.15, 0.2) is 6.10 Å². The van der Waals surface area contributed by atoms with Crippen molar-refractivity contribution in [1.29, 1.82) is 0 Å². The smallest absolute Gasteiger partial charge is 0.265 e. The quantitative estimate of drug-likeness (QED) is 0.930. The van der Waals surface area contributed by atoms with Crippen LogP contribution in [0.25, 0.3) is 0 Å². The molecular formula is C20H22N2O3. The van der Waals surface area contributed by atoms with Gasteiger partial charge in [-0.15, -0.1) is 0 Å². The number of rotatable bonds is 4. The molecule has 4 rings (SSSR count). The fraction of sp³-hybridized carbons (Fsp3) is 0.350. The first-order valence-corrected chi connectivity index (χ1v) is 8.72. The van der Waals surface area contributed by atoms with E-state index in [0.29, 0.717) is 6.42 Å². The SMILES string of the molecule is O=C(Nc1cccc(CN2CCOCC2)c1)[C@@H]1Cc2ccccc2O1. The van der Waals surface area contributed by atoms with Gasteiger partial charge in [0.2, 0.25) is 0 Å². The molecule has 5 heteroatoms. The van der Waals surface area contributed by atoms with Crippen molar-refractivity contribution in [2.75, 3.05) is 31.6 Å². The van der Waals surface area contributed by atoms with Crippen molar-refractivity contribution in [3.63, 3.8) is 0 Å². The van der Waals surface area contributed by atoms with Gasteiger partial charge >= 0.3 is 0 Å². The number of nitrogens with zero attached hydrogens (tertiary/aromatic N) is 1. The van der Waals surface area contributed by atoms with Crippen LogP contribution in [0, 0.1) is 0 Å². The Balaban J connectivity index is 1.38. The van der Waals surface area contributed by atoms with E-state index < -0.39 is 6.10 Å². The standard InChI is InChI=1S/C20H22N2O3/c23-20(19-13-16-5-1-2-7-18(16)25-19)21-17-6-3-4-15(12-17)14-22-8-10-24-11-9-22/h1-7,12,19H,8-11,13-14H2,(H,21,23)/t19-/m0/s1. The largest absolute Gasteiger partial charge is 0.480 e. The number of hydrogen-bond donors (Lipinski definition) is 1. The number of carbonyl (C=O) groups is 1. The number of carbonyl (C=O) groups excluding carboxylic acids is 1. The maximum absolute atomic E-state index is 12.5. The number of morpholine rings is 1. The number of anilines is 1. The zero-order valence-corrected chi connectivity index (χ0v) is 14.1. The summed E-state index contributed by atoms with van der Waals surface area (Å²) >= 11 is 0. The van der Waals surface area contributed by atoms with Crippen LogP contribution in [0.1, 0.15) is 11.1 Å². The minimum Gasteiger partial charge on any atom is -0.480 e. The first-order valence-electron chi connectivity index (χ1n) is 8.72. The lowest BCUT2D eigenvalue weighted by atomic mass is 10.1. The van der Waals surface area contributed by atoms with E-state index in [-0.39, 0.29) is 5.91 Å². The van der Waals surface area contributed by atoms with Crippen molar-refractivity contribution in [2.45, 2.75) is 19.1 Å². The van der Waals surface area contributed by atoms with Gasteiger partial charge in [-0.25, -0.2) is 0 Å². The molecule has 1 N–H and O–H groups in total. The Labute approximate surface area is 147 Å². The third kappa shape index (κ3) is 3.83. The molecule has 25 heavy (non-hydrogen) atoms.